The number of nitrogens with zero attached hydrogens (tertiary/aromatic N) is 1. The number of hydrogen-bond acceptors (Lipinski definition) is 3. The molecule has 0 aliphatic carbocycles. The normalized spacial score (nSPS) is 14.1. The highest BCUT2D eigenvalue weighted by atomic mass is 35.5. The Morgan fingerprint density at radius 1 is 1.06 bits per heavy atom. The molecule has 0 spiro atoms. The van der Waals surface area contributed by atoms with E-state index in [2.05, 4.69) is 0 Å². The number of ketones is 1. The third-order valence-electron chi connectivity index (χ3n) is 5.63. The molecule has 0 atom stereocenters. The van der Waals surface area contributed by atoms with Gasteiger partial charge in [0.25, 0.3) is 0 Å². The van der Waals surface area contributed by atoms with Crippen LogP contribution >= 0.6 is 23.2 Å². The van der Waals surface area contributed by atoms with Crippen LogP contribution in [0, 0.1) is 6.92 Å². The lowest BCUT2D eigenvalue weighted by Gasteiger charge is -2.12. The van der Waals surface area contributed by atoms with Gasteiger partial charge in [0, 0.05) is 35.3 Å². The van der Waals surface area contributed by atoms with E-state index in [1.54, 1.807) is 30.3 Å². The Hall–Kier alpha value is -3.21. The maximum absolute atomic E-state index is 13.0. The Bertz CT molecular complexity index is 1420. The molecule has 4 aromatic rings. The monoisotopic (exact) mass is 463 g/mol. The van der Waals surface area contributed by atoms with E-state index >= 15 is 0 Å². The lowest BCUT2D eigenvalue weighted by molar-refractivity contribution is 0.101. The van der Waals surface area contributed by atoms with E-state index in [1.165, 1.54) is 0 Å². The Morgan fingerprint density at radius 3 is 2.69 bits per heavy atom. The van der Waals surface area contributed by atoms with Crippen LogP contribution in [0.3, 0.4) is 0 Å². The highest BCUT2D eigenvalue weighted by Crippen LogP contribution is 2.40. The molecular formula is C26H19Cl2NO3. The lowest BCUT2D eigenvalue weighted by atomic mass is 10.1. The SMILES string of the molecule is Cc1c(OCc2ccc(Cl)c(Cl)c2)ccc2c1O/C(=C\c1cn(C)c3ccccc13)C2=O. The van der Waals surface area contributed by atoms with Crippen LogP contribution in [-0.2, 0) is 13.7 Å². The first-order valence-corrected chi connectivity index (χ1v) is 10.9. The summed E-state index contributed by atoms with van der Waals surface area (Å²) in [5, 5.41) is 2.05. The summed E-state index contributed by atoms with van der Waals surface area (Å²) in [7, 11) is 1.98. The van der Waals surface area contributed by atoms with E-state index in [-0.39, 0.29) is 5.78 Å². The smallest absolute Gasteiger partial charge is 0.231 e. The molecule has 5 rings (SSSR count). The van der Waals surface area contributed by atoms with Crippen LogP contribution in [0.2, 0.25) is 10.0 Å². The summed E-state index contributed by atoms with van der Waals surface area (Å²) in [6, 6.07) is 17.0. The molecule has 6 heteroatoms. The molecular weight excluding hydrogens is 445 g/mol. The van der Waals surface area contributed by atoms with Crippen LogP contribution in [0.1, 0.15) is 27.0 Å². The summed E-state index contributed by atoms with van der Waals surface area (Å²) in [4.78, 5) is 13.0. The molecule has 2 heterocycles. The van der Waals surface area contributed by atoms with Crippen molar-refractivity contribution in [2.45, 2.75) is 13.5 Å². The van der Waals surface area contributed by atoms with E-state index in [0.29, 0.717) is 39.5 Å². The Kier molecular flexibility index (Phi) is 5.20. The minimum atomic E-state index is -0.132. The van der Waals surface area contributed by atoms with Crippen molar-refractivity contribution in [3.05, 3.63) is 98.9 Å². The fraction of sp³-hybridized carbons (Fsp3) is 0.115. The number of halogens is 2. The van der Waals surface area contributed by atoms with E-state index in [0.717, 1.165) is 27.6 Å². The Morgan fingerprint density at radius 2 is 1.88 bits per heavy atom. The third-order valence-corrected chi connectivity index (χ3v) is 6.37. The van der Waals surface area contributed by atoms with Crippen molar-refractivity contribution in [2.24, 2.45) is 7.05 Å². The van der Waals surface area contributed by atoms with E-state index < -0.39 is 0 Å². The second kappa shape index (κ2) is 8.05. The number of benzene rings is 3. The van der Waals surface area contributed by atoms with Crippen LogP contribution in [0.15, 0.2) is 66.6 Å². The van der Waals surface area contributed by atoms with Gasteiger partial charge in [-0.1, -0.05) is 47.5 Å². The zero-order chi connectivity index (χ0) is 22.4. The highest BCUT2D eigenvalue weighted by molar-refractivity contribution is 6.42. The number of hydrogen-bond donors (Lipinski definition) is 0. The van der Waals surface area contributed by atoms with Crippen molar-refractivity contribution in [1.82, 2.24) is 4.57 Å². The van der Waals surface area contributed by atoms with Gasteiger partial charge in [-0.15, -0.1) is 0 Å². The molecule has 1 aliphatic heterocycles. The summed E-state index contributed by atoms with van der Waals surface area (Å²) in [6.07, 6.45) is 3.80. The van der Waals surface area contributed by atoms with Gasteiger partial charge in [-0.05, 0) is 48.9 Å². The molecule has 0 radical (unpaired) electrons. The maximum Gasteiger partial charge on any atom is 0.231 e. The van der Waals surface area contributed by atoms with Crippen molar-refractivity contribution >= 4 is 46.0 Å². The van der Waals surface area contributed by atoms with Crippen molar-refractivity contribution in [3.63, 3.8) is 0 Å². The van der Waals surface area contributed by atoms with E-state index in [4.69, 9.17) is 32.7 Å². The van der Waals surface area contributed by atoms with Gasteiger partial charge in [0.1, 0.15) is 18.1 Å². The Labute approximate surface area is 195 Å². The number of aryl methyl sites for hydroxylation is 1. The van der Waals surface area contributed by atoms with Crippen molar-refractivity contribution in [1.29, 1.82) is 0 Å². The number of carbonyl (C=O) groups excluding carboxylic acids is 1. The molecule has 0 saturated carbocycles. The standard InChI is InChI=1S/C26H19Cl2NO3/c1-15-23(31-14-16-7-9-20(27)21(28)11-16)10-8-19-25(30)24(32-26(15)19)12-17-13-29(2)22-6-4-3-5-18(17)22/h3-13H,14H2,1-2H3/b24-12-. The number of ether oxygens (including phenoxy) is 2. The van der Waals surface area contributed by atoms with Crippen molar-refractivity contribution < 1.29 is 14.3 Å². The van der Waals surface area contributed by atoms with Gasteiger partial charge in [-0.2, -0.15) is 0 Å². The van der Waals surface area contributed by atoms with Crippen LogP contribution in [0.5, 0.6) is 11.5 Å². The lowest BCUT2D eigenvalue weighted by Crippen LogP contribution is -1.98. The highest BCUT2D eigenvalue weighted by Gasteiger charge is 2.30. The van der Waals surface area contributed by atoms with Crippen LogP contribution < -0.4 is 9.47 Å². The first kappa shape index (κ1) is 20.7. The van der Waals surface area contributed by atoms with Crippen molar-refractivity contribution in [2.75, 3.05) is 0 Å². The molecule has 4 nitrogen and oxygen atoms in total. The first-order valence-electron chi connectivity index (χ1n) is 10.1. The molecule has 160 valence electrons. The number of fused-ring (bicyclic) bond motifs is 2. The summed E-state index contributed by atoms with van der Waals surface area (Å²) >= 11 is 12.1. The van der Waals surface area contributed by atoms with Crippen molar-refractivity contribution in [3.8, 4) is 11.5 Å². The molecule has 0 saturated heterocycles. The fourth-order valence-corrected chi connectivity index (χ4v) is 4.26. The largest absolute Gasteiger partial charge is 0.488 e. The fourth-order valence-electron chi connectivity index (χ4n) is 3.94. The number of allylic oxidation sites excluding steroid dienone is 1. The zero-order valence-corrected chi connectivity index (χ0v) is 19.0. The van der Waals surface area contributed by atoms with Gasteiger partial charge in [0.05, 0.1) is 15.6 Å². The van der Waals surface area contributed by atoms with Gasteiger partial charge in [-0.3, -0.25) is 4.79 Å². The van der Waals surface area contributed by atoms with Gasteiger partial charge in [0.15, 0.2) is 5.76 Å². The van der Waals surface area contributed by atoms with E-state index in [1.807, 2.05) is 55.1 Å². The minimum absolute atomic E-state index is 0.132. The molecule has 0 amide bonds. The third kappa shape index (κ3) is 3.56. The molecule has 0 fully saturated rings. The zero-order valence-electron chi connectivity index (χ0n) is 17.5. The maximum atomic E-state index is 13.0. The second-order valence-electron chi connectivity index (χ2n) is 7.75. The molecule has 0 unspecified atom stereocenters. The number of para-hydroxylation sites is 1. The molecule has 32 heavy (non-hydrogen) atoms. The Balaban J connectivity index is 1.42. The predicted octanol–water partition coefficient (Wildman–Crippen LogP) is 6.99. The predicted molar refractivity (Wildman–Crippen MR) is 128 cm³/mol. The topological polar surface area (TPSA) is 40.5 Å². The summed E-state index contributed by atoms with van der Waals surface area (Å²) in [5.41, 5.74) is 4.24. The summed E-state index contributed by atoms with van der Waals surface area (Å²) in [6.45, 7) is 2.21. The second-order valence-corrected chi connectivity index (χ2v) is 8.57. The average molecular weight is 464 g/mol. The van der Waals surface area contributed by atoms with Gasteiger partial charge in [-0.25, -0.2) is 0 Å². The quantitative estimate of drug-likeness (QED) is 0.306. The summed E-state index contributed by atoms with van der Waals surface area (Å²) in [5.74, 6) is 1.36. The van der Waals surface area contributed by atoms with Gasteiger partial charge in [0.2, 0.25) is 5.78 Å². The van der Waals surface area contributed by atoms with Crippen LogP contribution in [0.4, 0.5) is 0 Å². The molecule has 3 aromatic carbocycles. The number of Topliss-reactive ketones (excluding diaryl/α,β-unsaturated/α-hetero) is 1. The van der Waals surface area contributed by atoms with Crippen LogP contribution in [0.25, 0.3) is 17.0 Å². The molecule has 1 aromatic heterocycles. The number of carbonyl (C=O) groups is 1. The molecule has 0 N–H and O–H groups in total. The minimum Gasteiger partial charge on any atom is -0.488 e. The van der Waals surface area contributed by atoms with Gasteiger partial charge < -0.3 is 14.0 Å². The van der Waals surface area contributed by atoms with Gasteiger partial charge >= 0.3 is 0 Å². The molecule has 1 aliphatic rings. The first-order chi connectivity index (χ1) is 15.4. The summed E-state index contributed by atoms with van der Waals surface area (Å²) < 4.78 is 14.0. The number of aromatic nitrogens is 1. The van der Waals surface area contributed by atoms with Crippen LogP contribution in [-0.4, -0.2) is 10.4 Å². The average Bonchev–Trinajstić information content (AvgIpc) is 3.28. The molecule has 0 bridgehead atoms. The number of rotatable bonds is 4. The van der Waals surface area contributed by atoms with E-state index in [9.17, 15) is 4.79 Å².